The SMILES string of the molecule is O=C(O)c1cc(C(=O)O)c(C(=O)O)c(-c2c(C(=O)O)cc(C(=O)O)c(C(=O)O)c2-c2cc(C(=O)O)c(C(=O)O)cc2C(=O)O)c1.O=C(O)c1cc(C(=O)O)c(C(=O)O)c(C(O)CO)c1. The second kappa shape index (κ2) is 18.8. The topological polar surface area (TPSA) is 488 Å². The number of hydrogen-bond donors (Lipinski definition) is 14. The van der Waals surface area contributed by atoms with Gasteiger partial charge in [-0.1, -0.05) is 0 Å². The third kappa shape index (κ3) is 9.57. The molecule has 64 heavy (non-hydrogen) atoms. The second-order valence-corrected chi connectivity index (χ2v) is 12.3. The van der Waals surface area contributed by atoms with E-state index in [2.05, 4.69) is 0 Å². The van der Waals surface area contributed by atoms with Gasteiger partial charge in [0.2, 0.25) is 0 Å². The van der Waals surface area contributed by atoms with E-state index in [-0.39, 0.29) is 18.2 Å². The van der Waals surface area contributed by atoms with Crippen molar-refractivity contribution in [3.8, 4) is 22.3 Å². The summed E-state index contributed by atoms with van der Waals surface area (Å²) in [7, 11) is 0. The first-order valence-electron chi connectivity index (χ1n) is 16.4. The van der Waals surface area contributed by atoms with Crippen LogP contribution in [-0.2, 0) is 0 Å². The van der Waals surface area contributed by atoms with E-state index < -0.39 is 179 Å². The number of aromatic carboxylic acids is 12. The highest BCUT2D eigenvalue weighted by Crippen LogP contribution is 2.44. The van der Waals surface area contributed by atoms with Crippen LogP contribution >= 0.6 is 0 Å². The van der Waals surface area contributed by atoms with Crippen LogP contribution in [0.2, 0.25) is 0 Å². The van der Waals surface area contributed by atoms with E-state index in [9.17, 15) is 109 Å². The molecule has 14 N–H and O–H groups in total. The predicted octanol–water partition coefficient (Wildman–Crippen LogP) is 2.11. The number of benzene rings is 4. The zero-order valence-corrected chi connectivity index (χ0v) is 31.0. The largest absolute Gasteiger partial charge is 0.478 e. The Morgan fingerprint density at radius 3 is 1.06 bits per heavy atom. The van der Waals surface area contributed by atoms with Gasteiger partial charge in [-0.2, -0.15) is 0 Å². The summed E-state index contributed by atoms with van der Waals surface area (Å²) in [6, 6.07) is 2.91. The fourth-order valence-corrected chi connectivity index (χ4v) is 6.05. The van der Waals surface area contributed by atoms with Crippen LogP contribution in [0.5, 0.6) is 0 Å². The normalized spacial score (nSPS) is 10.9. The molecule has 0 heterocycles. The van der Waals surface area contributed by atoms with Gasteiger partial charge in [0.1, 0.15) is 6.10 Å². The standard InChI is InChI=1S/C27H14O18.C11H10O8/c28-19(29)6-1-11(16(26(42)43)12(2-6)23(36)37)15-13(24(38)39)5-14(25(40)41)18(27(44)45)17(15)7-3-9(21(32)33)10(22(34)35)4-8(7)20(30)31;12-3-7(13)5-1-4(9(14)15)2-6(10(16)17)8(5)11(18)19/h1-5H,(H,28,29)(H,30,31)(H,32,33)(H,34,35)(H,36,37)(H,38,39)(H,40,41)(H,42,43)(H,44,45);1-2,7,12-13H,3H2,(H,14,15)(H,16,17)(H,18,19). The quantitative estimate of drug-likeness (QED) is 0.0765. The molecule has 0 saturated carbocycles. The summed E-state index contributed by atoms with van der Waals surface area (Å²) in [6.45, 7) is -0.873. The van der Waals surface area contributed by atoms with Gasteiger partial charge in [0.15, 0.2) is 0 Å². The minimum absolute atomic E-state index is 0.191. The first-order chi connectivity index (χ1) is 29.6. The van der Waals surface area contributed by atoms with Gasteiger partial charge in [-0.15, -0.1) is 0 Å². The fourth-order valence-electron chi connectivity index (χ4n) is 6.05. The third-order valence-electron chi connectivity index (χ3n) is 8.61. The second-order valence-electron chi connectivity index (χ2n) is 12.3. The number of aliphatic hydroxyl groups excluding tert-OH is 2. The zero-order chi connectivity index (χ0) is 49.0. The van der Waals surface area contributed by atoms with Crippen molar-refractivity contribution < 1.29 is 129 Å². The van der Waals surface area contributed by atoms with E-state index in [0.717, 1.165) is 6.07 Å². The molecule has 0 aromatic heterocycles. The van der Waals surface area contributed by atoms with Gasteiger partial charge in [0.25, 0.3) is 0 Å². The summed E-state index contributed by atoms with van der Waals surface area (Å²) in [6.07, 6.45) is -1.69. The summed E-state index contributed by atoms with van der Waals surface area (Å²) < 4.78 is 0. The van der Waals surface area contributed by atoms with Crippen molar-refractivity contribution in [2.45, 2.75) is 6.10 Å². The smallest absolute Gasteiger partial charge is 0.337 e. The van der Waals surface area contributed by atoms with Crippen molar-refractivity contribution in [3.05, 3.63) is 115 Å². The lowest BCUT2D eigenvalue weighted by Gasteiger charge is -2.22. The molecule has 26 nitrogen and oxygen atoms in total. The third-order valence-corrected chi connectivity index (χ3v) is 8.61. The van der Waals surface area contributed by atoms with Crippen LogP contribution < -0.4 is 0 Å². The summed E-state index contributed by atoms with van der Waals surface area (Å²) >= 11 is 0. The lowest BCUT2D eigenvalue weighted by Crippen LogP contribution is -2.19. The van der Waals surface area contributed by atoms with Crippen LogP contribution in [0.1, 0.15) is 136 Å². The first-order valence-corrected chi connectivity index (χ1v) is 16.4. The van der Waals surface area contributed by atoms with E-state index in [1.807, 2.05) is 0 Å². The van der Waals surface area contributed by atoms with Crippen LogP contribution in [-0.4, -0.2) is 150 Å². The molecule has 0 aliphatic carbocycles. The van der Waals surface area contributed by atoms with Crippen molar-refractivity contribution in [1.82, 2.24) is 0 Å². The van der Waals surface area contributed by atoms with Crippen LogP contribution in [0.4, 0.5) is 0 Å². The number of carbonyl (C=O) groups is 12. The van der Waals surface area contributed by atoms with Crippen LogP contribution in [0.15, 0.2) is 42.5 Å². The molecule has 0 radical (unpaired) electrons. The van der Waals surface area contributed by atoms with Crippen molar-refractivity contribution >= 4 is 71.6 Å². The van der Waals surface area contributed by atoms with Crippen LogP contribution in [0, 0.1) is 0 Å². The Labute approximate surface area is 350 Å². The molecular formula is C38H24O26. The summed E-state index contributed by atoms with van der Waals surface area (Å²) in [5.41, 5.74) is -18.9. The molecule has 1 unspecified atom stereocenters. The minimum Gasteiger partial charge on any atom is -0.478 e. The Bertz CT molecular complexity index is 2810. The van der Waals surface area contributed by atoms with Crippen molar-refractivity contribution in [3.63, 3.8) is 0 Å². The lowest BCUT2D eigenvalue weighted by atomic mass is 9.79. The lowest BCUT2D eigenvalue weighted by molar-refractivity contribution is 0.0630. The van der Waals surface area contributed by atoms with Crippen molar-refractivity contribution in [2.24, 2.45) is 0 Å². The Balaban J connectivity index is 0.000000478. The maximum absolute atomic E-state index is 12.6. The molecule has 0 aliphatic heterocycles. The van der Waals surface area contributed by atoms with Gasteiger partial charge >= 0.3 is 71.6 Å². The van der Waals surface area contributed by atoms with Gasteiger partial charge in [-0.25, -0.2) is 57.5 Å². The van der Waals surface area contributed by atoms with E-state index in [0.29, 0.717) is 18.2 Å². The highest BCUT2D eigenvalue weighted by Gasteiger charge is 2.36. The number of aliphatic hydroxyl groups is 2. The van der Waals surface area contributed by atoms with Crippen molar-refractivity contribution in [2.75, 3.05) is 6.61 Å². The van der Waals surface area contributed by atoms with E-state index in [1.54, 1.807) is 0 Å². The molecule has 0 saturated heterocycles. The maximum atomic E-state index is 12.6. The van der Waals surface area contributed by atoms with E-state index in [1.165, 1.54) is 0 Å². The van der Waals surface area contributed by atoms with E-state index >= 15 is 0 Å². The zero-order valence-electron chi connectivity index (χ0n) is 31.0. The molecule has 4 rings (SSSR count). The monoisotopic (exact) mass is 896 g/mol. The Morgan fingerprint density at radius 2 is 0.688 bits per heavy atom. The first kappa shape index (κ1) is 48.8. The highest BCUT2D eigenvalue weighted by atomic mass is 16.4. The average Bonchev–Trinajstić information content (AvgIpc) is 3.20. The van der Waals surface area contributed by atoms with Gasteiger partial charge in [-0.05, 0) is 59.2 Å². The van der Waals surface area contributed by atoms with Crippen molar-refractivity contribution in [1.29, 1.82) is 0 Å². The summed E-state index contributed by atoms with van der Waals surface area (Å²) in [4.78, 5) is 142. The number of hydrogen-bond acceptors (Lipinski definition) is 14. The number of rotatable bonds is 16. The number of carboxylic acid groups (broad SMARTS) is 12. The number of carboxylic acids is 12. The molecule has 0 amide bonds. The summed E-state index contributed by atoms with van der Waals surface area (Å²) in [5.74, 6) is -23.6. The Hall–Kier alpha value is -9.56. The fraction of sp³-hybridized carbons (Fsp3) is 0.0526. The molecular weight excluding hydrogens is 872 g/mol. The molecule has 332 valence electrons. The van der Waals surface area contributed by atoms with Gasteiger partial charge in [0.05, 0.1) is 73.4 Å². The molecule has 0 fully saturated rings. The molecule has 0 aliphatic rings. The van der Waals surface area contributed by atoms with Crippen LogP contribution in [0.25, 0.3) is 22.3 Å². The summed E-state index contributed by atoms with van der Waals surface area (Å²) in [5, 5.41) is 133. The van der Waals surface area contributed by atoms with E-state index in [4.69, 9.17) is 20.4 Å². The van der Waals surface area contributed by atoms with Gasteiger partial charge in [-0.3, -0.25) is 0 Å². The Morgan fingerprint density at radius 1 is 0.328 bits per heavy atom. The highest BCUT2D eigenvalue weighted by molar-refractivity contribution is 6.20. The average molecular weight is 897 g/mol. The molecule has 4 aromatic carbocycles. The maximum Gasteiger partial charge on any atom is 0.337 e. The van der Waals surface area contributed by atoms with Gasteiger partial charge in [0, 0.05) is 11.1 Å². The van der Waals surface area contributed by atoms with Crippen LogP contribution in [0.3, 0.4) is 0 Å². The molecule has 1 atom stereocenters. The molecule has 0 spiro atoms. The molecule has 0 bridgehead atoms. The Kier molecular flexibility index (Phi) is 14.3. The molecule has 26 heteroatoms. The molecule has 4 aromatic rings. The predicted molar refractivity (Wildman–Crippen MR) is 199 cm³/mol. The van der Waals surface area contributed by atoms with Gasteiger partial charge < -0.3 is 71.5 Å². The minimum atomic E-state index is -2.25.